The third-order valence-electron chi connectivity index (χ3n) is 3.01. The van der Waals surface area contributed by atoms with Crippen LogP contribution in [0.5, 0.6) is 5.75 Å². The van der Waals surface area contributed by atoms with Crippen LogP contribution in [0.15, 0.2) is 54.6 Å². The largest absolute Gasteiger partial charge is 0.475 e. The summed E-state index contributed by atoms with van der Waals surface area (Å²) in [5.41, 5.74) is 1.87. The highest BCUT2D eigenvalue weighted by atomic mass is 16.5. The lowest BCUT2D eigenvalue weighted by atomic mass is 10.1. The van der Waals surface area contributed by atoms with Gasteiger partial charge in [-0.2, -0.15) is 0 Å². The molecule has 1 aliphatic rings. The highest BCUT2D eigenvalue weighted by molar-refractivity contribution is 5.83. The summed E-state index contributed by atoms with van der Waals surface area (Å²) in [6.45, 7) is 0.512. The van der Waals surface area contributed by atoms with E-state index in [0.29, 0.717) is 6.54 Å². The predicted molar refractivity (Wildman–Crippen MR) is 68.1 cm³/mol. The zero-order chi connectivity index (χ0) is 12.4. The number of amides is 1. The molecule has 3 rings (SSSR count). The second-order valence-electron chi connectivity index (χ2n) is 4.23. The van der Waals surface area contributed by atoms with Gasteiger partial charge in [0.25, 0.3) is 5.91 Å². The quantitative estimate of drug-likeness (QED) is 0.830. The lowest BCUT2D eigenvalue weighted by molar-refractivity contribution is -0.127. The molecule has 3 nitrogen and oxygen atoms in total. The molecule has 0 saturated carbocycles. The highest BCUT2D eigenvalue weighted by Crippen LogP contribution is 2.28. The Labute approximate surface area is 105 Å². The molecule has 1 heterocycles. The highest BCUT2D eigenvalue weighted by Gasteiger charge is 2.26. The number of ether oxygens (including phenoxy) is 1. The number of nitrogens with one attached hydrogen (secondary N) is 1. The van der Waals surface area contributed by atoms with E-state index >= 15 is 0 Å². The van der Waals surface area contributed by atoms with E-state index in [-0.39, 0.29) is 5.91 Å². The van der Waals surface area contributed by atoms with E-state index in [1.54, 1.807) is 0 Å². The minimum absolute atomic E-state index is 0.0996. The van der Waals surface area contributed by atoms with E-state index in [1.165, 1.54) is 0 Å². The van der Waals surface area contributed by atoms with Gasteiger partial charge in [-0.05, 0) is 6.07 Å². The molecular weight excluding hydrogens is 226 g/mol. The molecule has 0 saturated heterocycles. The van der Waals surface area contributed by atoms with Crippen molar-refractivity contribution >= 4 is 5.91 Å². The fourth-order valence-corrected chi connectivity index (χ4v) is 2.07. The van der Waals surface area contributed by atoms with Gasteiger partial charge in [0, 0.05) is 17.7 Å². The number of fused-ring (bicyclic) bond motifs is 1. The van der Waals surface area contributed by atoms with E-state index in [2.05, 4.69) is 5.32 Å². The molecule has 0 bridgehead atoms. The molecule has 0 aromatic heterocycles. The zero-order valence-corrected chi connectivity index (χ0v) is 9.80. The molecule has 0 spiro atoms. The van der Waals surface area contributed by atoms with Crippen LogP contribution in [0.3, 0.4) is 0 Å². The molecular formula is C15H13NO2. The molecule has 0 aliphatic carbocycles. The maximum absolute atomic E-state index is 12.0. The third kappa shape index (κ3) is 1.95. The Morgan fingerprint density at radius 2 is 1.72 bits per heavy atom. The van der Waals surface area contributed by atoms with Gasteiger partial charge >= 0.3 is 0 Å². The summed E-state index contributed by atoms with van der Waals surface area (Å²) in [6.07, 6.45) is -0.574. The molecule has 0 radical (unpaired) electrons. The Morgan fingerprint density at radius 1 is 1.00 bits per heavy atom. The minimum Gasteiger partial charge on any atom is -0.475 e. The Morgan fingerprint density at radius 3 is 2.56 bits per heavy atom. The van der Waals surface area contributed by atoms with Crippen molar-refractivity contribution in [1.29, 1.82) is 0 Å². The van der Waals surface area contributed by atoms with Crippen LogP contribution in [0, 0.1) is 0 Å². The molecule has 3 heteroatoms. The van der Waals surface area contributed by atoms with Crippen LogP contribution in [0.25, 0.3) is 0 Å². The topological polar surface area (TPSA) is 38.3 Å². The van der Waals surface area contributed by atoms with Crippen molar-refractivity contribution in [3.05, 3.63) is 65.7 Å². The van der Waals surface area contributed by atoms with E-state index in [1.807, 2.05) is 54.6 Å². The maximum atomic E-state index is 12.0. The average molecular weight is 239 g/mol. The second kappa shape index (κ2) is 4.53. The van der Waals surface area contributed by atoms with Crippen LogP contribution in [0.2, 0.25) is 0 Å². The van der Waals surface area contributed by atoms with Crippen LogP contribution in [-0.2, 0) is 11.3 Å². The van der Waals surface area contributed by atoms with Crippen LogP contribution >= 0.6 is 0 Å². The van der Waals surface area contributed by atoms with E-state index < -0.39 is 6.10 Å². The van der Waals surface area contributed by atoms with E-state index in [9.17, 15) is 4.79 Å². The summed E-state index contributed by atoms with van der Waals surface area (Å²) in [5, 5.41) is 2.89. The summed E-state index contributed by atoms with van der Waals surface area (Å²) in [7, 11) is 0. The first-order chi connectivity index (χ1) is 8.84. The number of carbonyl (C=O) groups is 1. The van der Waals surface area contributed by atoms with Gasteiger partial charge in [0.2, 0.25) is 6.10 Å². The number of benzene rings is 2. The molecule has 90 valence electrons. The lowest BCUT2D eigenvalue weighted by Crippen LogP contribution is -2.29. The molecule has 2 aromatic rings. The standard InChI is InChI=1S/C15H13NO2/c17-15-14(11-6-2-1-3-7-11)18-13-9-5-4-8-12(13)10-16-15/h1-9,14H,10H2,(H,16,17). The number of rotatable bonds is 1. The van der Waals surface area contributed by atoms with Gasteiger partial charge in [-0.25, -0.2) is 0 Å². The SMILES string of the molecule is O=C1NCc2ccccc2OC1c1ccccc1. The van der Waals surface area contributed by atoms with Crippen LogP contribution in [-0.4, -0.2) is 5.91 Å². The number of hydrogen-bond donors (Lipinski definition) is 1. The fraction of sp³-hybridized carbons (Fsp3) is 0.133. The fourth-order valence-electron chi connectivity index (χ4n) is 2.07. The maximum Gasteiger partial charge on any atom is 0.266 e. The Balaban J connectivity index is 1.99. The summed E-state index contributed by atoms with van der Waals surface area (Å²) in [5.74, 6) is 0.669. The Kier molecular flexibility index (Phi) is 2.73. The third-order valence-corrected chi connectivity index (χ3v) is 3.01. The normalized spacial score (nSPS) is 18.2. The van der Waals surface area contributed by atoms with E-state index in [4.69, 9.17) is 4.74 Å². The van der Waals surface area contributed by atoms with Gasteiger partial charge in [0.1, 0.15) is 5.75 Å². The molecule has 1 atom stereocenters. The molecule has 1 unspecified atom stereocenters. The number of para-hydroxylation sites is 1. The zero-order valence-electron chi connectivity index (χ0n) is 9.80. The smallest absolute Gasteiger partial charge is 0.266 e. The summed E-state index contributed by atoms with van der Waals surface area (Å²) >= 11 is 0. The van der Waals surface area contributed by atoms with Crippen molar-refractivity contribution in [2.24, 2.45) is 0 Å². The summed E-state index contributed by atoms with van der Waals surface area (Å²) in [6, 6.07) is 17.2. The summed E-state index contributed by atoms with van der Waals surface area (Å²) in [4.78, 5) is 12.0. The van der Waals surface area contributed by atoms with Crippen molar-refractivity contribution in [3.8, 4) is 5.75 Å². The molecule has 2 aromatic carbocycles. The average Bonchev–Trinajstić information content (AvgIpc) is 2.60. The van der Waals surface area contributed by atoms with Gasteiger partial charge in [-0.1, -0.05) is 48.5 Å². The van der Waals surface area contributed by atoms with Gasteiger partial charge in [0.05, 0.1) is 0 Å². The number of carbonyl (C=O) groups excluding carboxylic acids is 1. The lowest BCUT2D eigenvalue weighted by Gasteiger charge is -2.15. The van der Waals surface area contributed by atoms with Crippen molar-refractivity contribution in [2.75, 3.05) is 0 Å². The van der Waals surface area contributed by atoms with Crippen molar-refractivity contribution < 1.29 is 9.53 Å². The van der Waals surface area contributed by atoms with Gasteiger partial charge in [0.15, 0.2) is 0 Å². The van der Waals surface area contributed by atoms with Gasteiger partial charge < -0.3 is 10.1 Å². The van der Waals surface area contributed by atoms with Gasteiger partial charge in [-0.15, -0.1) is 0 Å². The molecule has 0 fully saturated rings. The first-order valence-electron chi connectivity index (χ1n) is 5.92. The Bertz CT molecular complexity index is 566. The van der Waals surface area contributed by atoms with Gasteiger partial charge in [-0.3, -0.25) is 4.79 Å². The first-order valence-corrected chi connectivity index (χ1v) is 5.92. The number of hydrogen-bond acceptors (Lipinski definition) is 2. The predicted octanol–water partition coefficient (Wildman–Crippen LogP) is 2.44. The van der Waals surface area contributed by atoms with Crippen LogP contribution in [0.1, 0.15) is 17.2 Å². The Hall–Kier alpha value is -2.29. The summed E-state index contributed by atoms with van der Waals surface area (Å²) < 4.78 is 5.84. The van der Waals surface area contributed by atoms with Crippen molar-refractivity contribution in [3.63, 3.8) is 0 Å². The van der Waals surface area contributed by atoms with Crippen LogP contribution < -0.4 is 10.1 Å². The molecule has 1 aliphatic heterocycles. The first kappa shape index (κ1) is 10.8. The molecule has 1 amide bonds. The minimum atomic E-state index is -0.574. The van der Waals surface area contributed by atoms with Crippen LogP contribution in [0.4, 0.5) is 0 Å². The van der Waals surface area contributed by atoms with E-state index in [0.717, 1.165) is 16.9 Å². The monoisotopic (exact) mass is 239 g/mol. The van der Waals surface area contributed by atoms with Crippen molar-refractivity contribution in [1.82, 2.24) is 5.32 Å². The second-order valence-corrected chi connectivity index (χ2v) is 4.23. The molecule has 1 N–H and O–H groups in total. The molecule has 18 heavy (non-hydrogen) atoms. The van der Waals surface area contributed by atoms with Crippen molar-refractivity contribution in [2.45, 2.75) is 12.6 Å².